The fraction of sp³-hybridized carbons (Fsp3) is 0.611. The number of hydrogen-bond donors (Lipinski definition) is 1. The average molecular weight is 303 g/mol. The van der Waals surface area contributed by atoms with Crippen molar-refractivity contribution >= 4 is 5.97 Å². The highest BCUT2D eigenvalue weighted by molar-refractivity contribution is 5.69. The molecule has 3 rings (SSSR count). The number of likely N-dealkylation sites (N-methyl/N-ethyl adjacent to an activating group) is 1. The van der Waals surface area contributed by atoms with E-state index in [1.807, 2.05) is 19.1 Å². The Bertz CT molecular complexity index is 610. The highest BCUT2D eigenvalue weighted by Gasteiger charge is 2.58. The molecule has 0 unspecified atom stereocenters. The van der Waals surface area contributed by atoms with Gasteiger partial charge in [-0.3, -0.25) is 4.79 Å². The lowest BCUT2D eigenvalue weighted by atomic mass is 9.54. The second kappa shape index (κ2) is 5.07. The molecule has 0 amide bonds. The van der Waals surface area contributed by atoms with Crippen LogP contribution in [0, 0.1) is 0 Å². The van der Waals surface area contributed by atoms with Crippen LogP contribution in [0.2, 0.25) is 0 Å². The van der Waals surface area contributed by atoms with E-state index >= 15 is 0 Å². The van der Waals surface area contributed by atoms with Crippen molar-refractivity contribution in [3.63, 3.8) is 0 Å². The zero-order valence-electron chi connectivity index (χ0n) is 13.8. The molecule has 1 aliphatic carbocycles. The summed E-state index contributed by atoms with van der Waals surface area (Å²) in [6.07, 6.45) is 2.63. The second-order valence-electron chi connectivity index (χ2n) is 6.95. The summed E-state index contributed by atoms with van der Waals surface area (Å²) in [5, 5.41) is 11.3. The first-order valence-electron chi connectivity index (χ1n) is 8.06. The Hall–Kier alpha value is -1.39. The number of piperidine rings is 1. The molecule has 4 nitrogen and oxygen atoms in total. The van der Waals surface area contributed by atoms with Crippen LogP contribution in [0.4, 0.5) is 0 Å². The van der Waals surface area contributed by atoms with Crippen molar-refractivity contribution in [1.82, 2.24) is 4.90 Å². The average Bonchev–Trinajstić information content (AvgIpc) is 2.43. The zero-order chi connectivity index (χ0) is 16.1. The van der Waals surface area contributed by atoms with Crippen LogP contribution in [0.1, 0.15) is 44.7 Å². The third-order valence-electron chi connectivity index (χ3n) is 5.92. The van der Waals surface area contributed by atoms with Crippen molar-refractivity contribution in [3.05, 3.63) is 29.3 Å². The number of aliphatic hydroxyl groups is 1. The largest absolute Gasteiger partial charge is 0.427 e. The fourth-order valence-corrected chi connectivity index (χ4v) is 4.63. The van der Waals surface area contributed by atoms with Crippen LogP contribution < -0.4 is 4.74 Å². The molecular formula is C18H25NO3. The lowest BCUT2D eigenvalue weighted by Gasteiger charge is -2.60. The standard InChI is InChI=1S/C18H25NO3/c1-5-18-8-9-19(4)16(17(18,3)21)10-13-6-7-14(11-15(13)18)22-12(2)20/h6-7,11,16,21H,5,8-10H2,1-4H3/t16-,17+,18-/m0/s1. The number of likely N-dealkylation sites (tertiary alicyclic amines) is 1. The van der Waals surface area contributed by atoms with Crippen molar-refractivity contribution in [2.75, 3.05) is 13.6 Å². The quantitative estimate of drug-likeness (QED) is 0.672. The minimum absolute atomic E-state index is 0.133. The van der Waals surface area contributed by atoms with E-state index in [2.05, 4.69) is 24.9 Å². The molecule has 1 heterocycles. The topological polar surface area (TPSA) is 49.8 Å². The van der Waals surface area contributed by atoms with Crippen LogP contribution in [-0.2, 0) is 16.6 Å². The molecule has 1 aromatic carbocycles. The molecule has 3 atom stereocenters. The van der Waals surface area contributed by atoms with E-state index in [-0.39, 0.29) is 17.4 Å². The molecule has 1 aliphatic heterocycles. The Kier molecular flexibility index (Phi) is 3.57. The molecule has 4 heteroatoms. The first kappa shape index (κ1) is 15.5. The minimum atomic E-state index is -0.781. The zero-order valence-corrected chi connectivity index (χ0v) is 13.8. The van der Waals surface area contributed by atoms with Gasteiger partial charge >= 0.3 is 5.97 Å². The van der Waals surface area contributed by atoms with E-state index in [0.717, 1.165) is 31.4 Å². The highest BCUT2D eigenvalue weighted by atomic mass is 16.5. The van der Waals surface area contributed by atoms with Gasteiger partial charge < -0.3 is 14.7 Å². The molecule has 2 aliphatic rings. The van der Waals surface area contributed by atoms with E-state index < -0.39 is 5.60 Å². The van der Waals surface area contributed by atoms with Crippen molar-refractivity contribution in [3.8, 4) is 5.75 Å². The van der Waals surface area contributed by atoms with Gasteiger partial charge in [-0.05, 0) is 63.0 Å². The summed E-state index contributed by atoms with van der Waals surface area (Å²) < 4.78 is 5.27. The Balaban J connectivity index is 2.15. The Morgan fingerprint density at radius 3 is 2.86 bits per heavy atom. The smallest absolute Gasteiger partial charge is 0.308 e. The van der Waals surface area contributed by atoms with Crippen LogP contribution in [0.15, 0.2) is 18.2 Å². The van der Waals surface area contributed by atoms with Crippen molar-refractivity contribution in [2.24, 2.45) is 0 Å². The molecule has 0 radical (unpaired) electrons. The lowest BCUT2D eigenvalue weighted by molar-refractivity contribution is -0.132. The molecule has 1 N–H and O–H groups in total. The number of benzene rings is 1. The van der Waals surface area contributed by atoms with Crippen LogP contribution in [-0.4, -0.2) is 41.2 Å². The maximum Gasteiger partial charge on any atom is 0.308 e. The van der Waals surface area contributed by atoms with Gasteiger partial charge in [0, 0.05) is 18.4 Å². The third-order valence-corrected chi connectivity index (χ3v) is 5.92. The van der Waals surface area contributed by atoms with E-state index in [4.69, 9.17) is 4.74 Å². The lowest BCUT2D eigenvalue weighted by Crippen LogP contribution is -2.69. The summed E-state index contributed by atoms with van der Waals surface area (Å²) in [5.41, 5.74) is 1.37. The van der Waals surface area contributed by atoms with Gasteiger partial charge in [0.2, 0.25) is 0 Å². The Morgan fingerprint density at radius 2 is 2.23 bits per heavy atom. The summed E-state index contributed by atoms with van der Waals surface area (Å²) in [7, 11) is 2.09. The molecule has 0 saturated carbocycles. The van der Waals surface area contributed by atoms with Crippen molar-refractivity contribution < 1.29 is 14.6 Å². The first-order valence-corrected chi connectivity index (χ1v) is 8.06. The van der Waals surface area contributed by atoms with Gasteiger partial charge in [0.25, 0.3) is 0 Å². The van der Waals surface area contributed by atoms with Crippen molar-refractivity contribution in [2.45, 2.75) is 57.1 Å². The Labute approximate surface area is 132 Å². The molecular weight excluding hydrogens is 278 g/mol. The van der Waals surface area contributed by atoms with Crippen LogP contribution >= 0.6 is 0 Å². The second-order valence-corrected chi connectivity index (χ2v) is 6.95. The number of esters is 1. The summed E-state index contributed by atoms with van der Waals surface area (Å²) in [6, 6.07) is 6.02. The van der Waals surface area contributed by atoms with E-state index in [1.165, 1.54) is 12.5 Å². The van der Waals surface area contributed by atoms with E-state index in [9.17, 15) is 9.90 Å². The maximum absolute atomic E-state index is 11.3. The highest BCUT2D eigenvalue weighted by Crippen LogP contribution is 2.53. The van der Waals surface area contributed by atoms with Gasteiger partial charge in [0.15, 0.2) is 0 Å². The van der Waals surface area contributed by atoms with Crippen LogP contribution in [0.25, 0.3) is 0 Å². The van der Waals surface area contributed by atoms with Gasteiger partial charge in [-0.25, -0.2) is 0 Å². The van der Waals surface area contributed by atoms with Crippen LogP contribution in [0.3, 0.4) is 0 Å². The fourth-order valence-electron chi connectivity index (χ4n) is 4.63. The molecule has 22 heavy (non-hydrogen) atoms. The number of fused-ring (bicyclic) bond motifs is 4. The third kappa shape index (κ3) is 2.01. The number of hydrogen-bond acceptors (Lipinski definition) is 4. The summed E-state index contributed by atoms with van der Waals surface area (Å²) in [5.74, 6) is 0.265. The molecule has 2 bridgehead atoms. The van der Waals surface area contributed by atoms with Crippen molar-refractivity contribution in [1.29, 1.82) is 0 Å². The first-order chi connectivity index (χ1) is 10.3. The van der Waals surface area contributed by atoms with Gasteiger partial charge in [-0.2, -0.15) is 0 Å². The summed E-state index contributed by atoms with van der Waals surface area (Å²) in [4.78, 5) is 13.5. The number of ether oxygens (including phenoxy) is 1. The van der Waals surface area contributed by atoms with Gasteiger partial charge in [-0.15, -0.1) is 0 Å². The monoisotopic (exact) mass is 303 g/mol. The van der Waals surface area contributed by atoms with Gasteiger partial charge in [0.1, 0.15) is 5.75 Å². The van der Waals surface area contributed by atoms with E-state index in [1.54, 1.807) is 0 Å². The summed E-state index contributed by atoms with van der Waals surface area (Å²) in [6.45, 7) is 6.51. The molecule has 0 spiro atoms. The number of carbonyl (C=O) groups is 1. The molecule has 120 valence electrons. The minimum Gasteiger partial charge on any atom is -0.427 e. The maximum atomic E-state index is 11.3. The molecule has 0 aromatic heterocycles. The predicted molar refractivity (Wildman–Crippen MR) is 85.1 cm³/mol. The number of carbonyl (C=O) groups excluding carboxylic acids is 1. The molecule has 1 aromatic rings. The number of rotatable bonds is 2. The predicted octanol–water partition coefficient (Wildman–Crippen LogP) is 2.27. The Morgan fingerprint density at radius 1 is 1.50 bits per heavy atom. The molecule has 1 saturated heterocycles. The number of nitrogens with zero attached hydrogens (tertiary/aromatic N) is 1. The molecule has 1 fully saturated rings. The van der Waals surface area contributed by atoms with Gasteiger partial charge in [0.05, 0.1) is 5.60 Å². The van der Waals surface area contributed by atoms with Gasteiger partial charge in [-0.1, -0.05) is 13.0 Å². The normalized spacial score (nSPS) is 34.1. The van der Waals surface area contributed by atoms with Crippen LogP contribution in [0.5, 0.6) is 5.75 Å². The van der Waals surface area contributed by atoms with E-state index in [0.29, 0.717) is 5.75 Å². The SMILES string of the molecule is CC[C@]12CCN(C)[C@@H](Cc3ccc(OC(C)=O)cc31)[C@@]2(C)O. The summed E-state index contributed by atoms with van der Waals surface area (Å²) >= 11 is 0.